The number of nitrogen functional groups attached to an aromatic ring is 1. The van der Waals surface area contributed by atoms with Crippen LogP contribution in [0.2, 0.25) is 0 Å². The van der Waals surface area contributed by atoms with Crippen LogP contribution in [0.4, 0.5) is 11.8 Å². The van der Waals surface area contributed by atoms with Crippen LogP contribution in [0.25, 0.3) is 0 Å². The molecule has 2 rings (SSSR count). The third-order valence-electron chi connectivity index (χ3n) is 2.57. The minimum absolute atomic E-state index is 0.0587. The third kappa shape index (κ3) is 4.83. The Hall–Kier alpha value is -1.35. The number of carbonyl (C=O) groups excluding carboxylic acids is 1. The molecule has 0 aliphatic heterocycles. The van der Waals surface area contributed by atoms with Crippen molar-refractivity contribution in [1.82, 2.24) is 15.0 Å². The standard InChI is InChI=1S/C13H10Br2N6OS2/c1-23-11-7(3-16)12(21-13(17)20-11)24-5-9(22)19-10-8(15)2-6(14)4-18-10/h2,4H,5H2,1H3,(H2,17,20,21)(H,18,19,22). The number of aromatic nitrogens is 3. The number of amides is 1. The van der Waals surface area contributed by atoms with Gasteiger partial charge in [0.1, 0.15) is 27.5 Å². The Morgan fingerprint density at radius 3 is 2.75 bits per heavy atom. The molecule has 7 nitrogen and oxygen atoms in total. The molecule has 0 aliphatic rings. The van der Waals surface area contributed by atoms with Gasteiger partial charge in [-0.2, -0.15) is 5.26 Å². The number of anilines is 2. The summed E-state index contributed by atoms with van der Waals surface area (Å²) in [4.78, 5) is 24.3. The third-order valence-corrected chi connectivity index (χ3v) is 5.27. The summed E-state index contributed by atoms with van der Waals surface area (Å²) in [6.07, 6.45) is 3.37. The summed E-state index contributed by atoms with van der Waals surface area (Å²) in [5, 5.41) is 12.8. The molecule has 0 radical (unpaired) electrons. The van der Waals surface area contributed by atoms with E-state index in [0.717, 1.165) is 16.2 Å². The molecule has 2 heterocycles. The van der Waals surface area contributed by atoms with Crippen molar-refractivity contribution < 1.29 is 4.79 Å². The van der Waals surface area contributed by atoms with E-state index in [9.17, 15) is 10.1 Å². The van der Waals surface area contributed by atoms with Crippen molar-refractivity contribution in [1.29, 1.82) is 5.26 Å². The Kier molecular flexibility index (Phi) is 6.85. The normalized spacial score (nSPS) is 10.2. The monoisotopic (exact) mass is 488 g/mol. The highest BCUT2D eigenvalue weighted by atomic mass is 79.9. The molecule has 0 saturated carbocycles. The lowest BCUT2D eigenvalue weighted by Crippen LogP contribution is -2.16. The Bertz CT molecular complexity index is 827. The van der Waals surface area contributed by atoms with Gasteiger partial charge in [-0.15, -0.1) is 11.8 Å². The highest BCUT2D eigenvalue weighted by molar-refractivity contribution is 9.11. The van der Waals surface area contributed by atoms with Gasteiger partial charge in [0, 0.05) is 10.7 Å². The first kappa shape index (κ1) is 19.0. The van der Waals surface area contributed by atoms with Crippen LogP contribution in [0.1, 0.15) is 5.56 Å². The number of hydrogen-bond donors (Lipinski definition) is 2. The van der Waals surface area contributed by atoms with Crippen LogP contribution < -0.4 is 11.1 Å². The van der Waals surface area contributed by atoms with Gasteiger partial charge in [-0.25, -0.2) is 15.0 Å². The minimum Gasteiger partial charge on any atom is -0.368 e. The van der Waals surface area contributed by atoms with Gasteiger partial charge in [-0.05, 0) is 44.2 Å². The molecule has 0 atom stereocenters. The Morgan fingerprint density at radius 2 is 2.12 bits per heavy atom. The first-order valence-corrected chi connectivity index (χ1v) is 10.1. The molecule has 0 bridgehead atoms. The SMILES string of the molecule is CSc1nc(N)nc(SCC(=O)Nc2ncc(Br)cc2Br)c1C#N. The van der Waals surface area contributed by atoms with E-state index < -0.39 is 0 Å². The van der Waals surface area contributed by atoms with E-state index in [0.29, 0.717) is 25.9 Å². The highest BCUT2D eigenvalue weighted by Gasteiger charge is 2.15. The van der Waals surface area contributed by atoms with Crippen molar-refractivity contribution in [3.05, 3.63) is 26.8 Å². The number of nitriles is 1. The molecule has 3 N–H and O–H groups in total. The van der Waals surface area contributed by atoms with E-state index in [2.05, 4.69) is 58.2 Å². The van der Waals surface area contributed by atoms with Crippen molar-refractivity contribution in [2.24, 2.45) is 0 Å². The number of nitrogens with one attached hydrogen (secondary N) is 1. The zero-order valence-electron chi connectivity index (χ0n) is 12.2. The summed E-state index contributed by atoms with van der Waals surface area (Å²) >= 11 is 9.04. The zero-order chi connectivity index (χ0) is 17.7. The second-order valence-electron chi connectivity index (χ2n) is 4.20. The molecule has 2 aromatic rings. The summed E-state index contributed by atoms with van der Waals surface area (Å²) < 4.78 is 1.45. The van der Waals surface area contributed by atoms with Crippen LogP contribution in [0.15, 0.2) is 31.3 Å². The van der Waals surface area contributed by atoms with Crippen LogP contribution in [-0.4, -0.2) is 32.9 Å². The molecule has 0 aromatic carbocycles. The fourth-order valence-corrected chi connectivity index (χ4v) is 4.06. The lowest BCUT2D eigenvalue weighted by Gasteiger charge is -2.08. The number of rotatable bonds is 5. The van der Waals surface area contributed by atoms with Gasteiger partial charge in [0.25, 0.3) is 0 Å². The lowest BCUT2D eigenvalue weighted by atomic mass is 10.4. The molecule has 11 heteroatoms. The molecule has 124 valence electrons. The van der Waals surface area contributed by atoms with Crippen LogP contribution >= 0.6 is 55.4 Å². The number of halogens is 2. The summed E-state index contributed by atoms with van der Waals surface area (Å²) in [5.41, 5.74) is 5.96. The maximum atomic E-state index is 12.1. The van der Waals surface area contributed by atoms with Crippen LogP contribution in [-0.2, 0) is 4.79 Å². The molecule has 2 aromatic heterocycles. The number of thioether (sulfide) groups is 2. The Labute approximate surface area is 163 Å². The number of pyridine rings is 1. The van der Waals surface area contributed by atoms with Crippen molar-refractivity contribution in [3.8, 4) is 6.07 Å². The molecule has 1 amide bonds. The van der Waals surface area contributed by atoms with Crippen molar-refractivity contribution >= 4 is 73.1 Å². The largest absolute Gasteiger partial charge is 0.368 e. The summed E-state index contributed by atoms with van der Waals surface area (Å²) in [7, 11) is 0. The average molecular weight is 490 g/mol. The van der Waals surface area contributed by atoms with E-state index >= 15 is 0 Å². The van der Waals surface area contributed by atoms with E-state index in [4.69, 9.17) is 5.73 Å². The number of nitrogens with zero attached hydrogens (tertiary/aromatic N) is 4. The van der Waals surface area contributed by atoms with Crippen molar-refractivity contribution in [3.63, 3.8) is 0 Å². The van der Waals surface area contributed by atoms with Gasteiger partial charge in [0.15, 0.2) is 0 Å². The molecule has 24 heavy (non-hydrogen) atoms. The van der Waals surface area contributed by atoms with Crippen molar-refractivity contribution in [2.75, 3.05) is 23.1 Å². The van der Waals surface area contributed by atoms with E-state index in [-0.39, 0.29) is 17.6 Å². The smallest absolute Gasteiger partial charge is 0.235 e. The molecular formula is C13H10Br2N6OS2. The number of nitrogens with two attached hydrogens (primary N) is 1. The Morgan fingerprint density at radius 1 is 1.42 bits per heavy atom. The maximum absolute atomic E-state index is 12.1. The van der Waals surface area contributed by atoms with E-state index in [1.54, 1.807) is 18.5 Å². The quantitative estimate of drug-likeness (QED) is 0.485. The van der Waals surface area contributed by atoms with Crippen LogP contribution in [0, 0.1) is 11.3 Å². The highest BCUT2D eigenvalue weighted by Crippen LogP contribution is 2.28. The predicted molar refractivity (Wildman–Crippen MR) is 102 cm³/mol. The second kappa shape index (κ2) is 8.66. The maximum Gasteiger partial charge on any atom is 0.235 e. The molecule has 0 aliphatic carbocycles. The molecule has 0 fully saturated rings. The predicted octanol–water partition coefficient (Wildman–Crippen LogP) is 3.30. The number of hydrogen-bond acceptors (Lipinski definition) is 8. The number of carbonyl (C=O) groups is 1. The summed E-state index contributed by atoms with van der Waals surface area (Å²) in [6.45, 7) is 0. The fraction of sp³-hybridized carbons (Fsp3) is 0.154. The molecule has 0 saturated heterocycles. The lowest BCUT2D eigenvalue weighted by molar-refractivity contribution is -0.113. The first-order chi connectivity index (χ1) is 11.4. The minimum atomic E-state index is -0.276. The summed E-state index contributed by atoms with van der Waals surface area (Å²) in [5.74, 6) is 0.264. The van der Waals surface area contributed by atoms with Gasteiger partial charge >= 0.3 is 0 Å². The van der Waals surface area contributed by atoms with Gasteiger partial charge in [0.05, 0.1) is 10.2 Å². The topological polar surface area (TPSA) is 118 Å². The molecule has 0 spiro atoms. The van der Waals surface area contributed by atoms with Crippen LogP contribution in [0.3, 0.4) is 0 Å². The molecule has 0 unspecified atom stereocenters. The van der Waals surface area contributed by atoms with Gasteiger partial charge in [0.2, 0.25) is 11.9 Å². The van der Waals surface area contributed by atoms with Crippen molar-refractivity contribution in [2.45, 2.75) is 10.1 Å². The van der Waals surface area contributed by atoms with E-state index in [1.165, 1.54) is 11.8 Å². The summed E-state index contributed by atoms with van der Waals surface area (Å²) in [6, 6.07) is 3.83. The first-order valence-electron chi connectivity index (χ1n) is 6.30. The van der Waals surface area contributed by atoms with Gasteiger partial charge < -0.3 is 11.1 Å². The van der Waals surface area contributed by atoms with E-state index in [1.807, 2.05) is 0 Å². The molecular weight excluding hydrogens is 480 g/mol. The zero-order valence-corrected chi connectivity index (χ0v) is 17.0. The Balaban J connectivity index is 2.09. The van der Waals surface area contributed by atoms with Gasteiger partial charge in [-0.1, -0.05) is 11.8 Å². The fourth-order valence-electron chi connectivity index (χ4n) is 1.59. The van der Waals surface area contributed by atoms with Crippen LogP contribution in [0.5, 0.6) is 0 Å². The van der Waals surface area contributed by atoms with Gasteiger partial charge in [-0.3, -0.25) is 4.79 Å². The average Bonchev–Trinajstić information content (AvgIpc) is 2.54. The second-order valence-corrected chi connectivity index (χ2v) is 7.73.